The lowest BCUT2D eigenvalue weighted by Gasteiger charge is -2.14. The van der Waals surface area contributed by atoms with E-state index in [1.807, 2.05) is 24.3 Å². The molecule has 18 heavy (non-hydrogen) atoms. The predicted octanol–water partition coefficient (Wildman–Crippen LogP) is 4.72. The normalized spacial score (nSPS) is 12.3. The molecule has 1 N–H and O–H groups in total. The summed E-state index contributed by atoms with van der Waals surface area (Å²) in [6.07, 6.45) is 0.880. The van der Waals surface area contributed by atoms with E-state index in [1.54, 1.807) is 12.1 Å². The second kappa shape index (κ2) is 6.26. The van der Waals surface area contributed by atoms with Crippen molar-refractivity contribution in [2.24, 2.45) is 0 Å². The predicted molar refractivity (Wildman–Crippen MR) is 79.4 cm³/mol. The first kappa shape index (κ1) is 13.4. The molecule has 2 rings (SSSR count). The quantitative estimate of drug-likeness (QED) is 0.806. The van der Waals surface area contributed by atoms with Crippen LogP contribution in [-0.4, -0.2) is 11.0 Å². The van der Waals surface area contributed by atoms with E-state index in [0.29, 0.717) is 17.5 Å². The van der Waals surface area contributed by atoms with Crippen LogP contribution >= 0.6 is 27.5 Å². The molecule has 0 saturated heterocycles. The summed E-state index contributed by atoms with van der Waals surface area (Å²) in [5, 5.41) is 9.26. The molecule has 1 nitrogen and oxygen atoms in total. The Balaban J connectivity index is 2.14. The minimum Gasteiger partial charge on any atom is -0.508 e. The molecule has 2 aromatic carbocycles. The molecule has 0 amide bonds. The van der Waals surface area contributed by atoms with Crippen LogP contribution in [0.5, 0.6) is 5.75 Å². The van der Waals surface area contributed by atoms with Crippen molar-refractivity contribution in [1.82, 2.24) is 0 Å². The van der Waals surface area contributed by atoms with Gasteiger partial charge in [-0.15, -0.1) is 11.6 Å². The Kier molecular flexibility index (Phi) is 4.67. The molecule has 1 unspecified atom stereocenters. The molecule has 0 heterocycles. The molecule has 94 valence electrons. The van der Waals surface area contributed by atoms with Gasteiger partial charge in [-0.25, -0.2) is 0 Å². The highest BCUT2D eigenvalue weighted by molar-refractivity contribution is 9.10. The Morgan fingerprint density at radius 3 is 2.17 bits per heavy atom. The van der Waals surface area contributed by atoms with Gasteiger partial charge in [0, 0.05) is 16.3 Å². The molecular weight excluding hydrogens is 312 g/mol. The zero-order valence-electron chi connectivity index (χ0n) is 9.81. The smallest absolute Gasteiger partial charge is 0.115 e. The average Bonchev–Trinajstić information content (AvgIpc) is 2.39. The van der Waals surface area contributed by atoms with Crippen LogP contribution in [0.25, 0.3) is 0 Å². The van der Waals surface area contributed by atoms with Crippen molar-refractivity contribution in [1.29, 1.82) is 0 Å². The molecule has 0 radical (unpaired) electrons. The summed E-state index contributed by atoms with van der Waals surface area (Å²) in [4.78, 5) is 0. The van der Waals surface area contributed by atoms with Gasteiger partial charge in [0.15, 0.2) is 0 Å². The first-order valence-corrected chi connectivity index (χ1v) is 7.11. The van der Waals surface area contributed by atoms with E-state index in [2.05, 4.69) is 28.1 Å². The highest BCUT2D eigenvalue weighted by atomic mass is 79.9. The molecule has 0 fully saturated rings. The molecule has 0 aliphatic rings. The summed E-state index contributed by atoms with van der Waals surface area (Å²) in [6, 6.07) is 15.6. The number of phenols is 1. The first-order chi connectivity index (χ1) is 8.69. The van der Waals surface area contributed by atoms with Crippen molar-refractivity contribution < 1.29 is 5.11 Å². The van der Waals surface area contributed by atoms with Gasteiger partial charge in [-0.05, 0) is 41.8 Å². The first-order valence-electron chi connectivity index (χ1n) is 5.78. The Hall–Kier alpha value is -0.990. The van der Waals surface area contributed by atoms with Crippen molar-refractivity contribution in [2.45, 2.75) is 12.3 Å². The van der Waals surface area contributed by atoms with Crippen molar-refractivity contribution in [2.75, 3.05) is 5.88 Å². The van der Waals surface area contributed by atoms with Gasteiger partial charge in [0.2, 0.25) is 0 Å². The summed E-state index contributed by atoms with van der Waals surface area (Å²) in [5.41, 5.74) is 2.42. The average molecular weight is 326 g/mol. The maximum atomic E-state index is 9.26. The van der Waals surface area contributed by atoms with Crippen LogP contribution in [0.2, 0.25) is 0 Å². The monoisotopic (exact) mass is 324 g/mol. The Morgan fingerprint density at radius 2 is 1.61 bits per heavy atom. The number of hydrogen-bond acceptors (Lipinski definition) is 1. The van der Waals surface area contributed by atoms with Crippen LogP contribution in [0.1, 0.15) is 17.0 Å². The largest absolute Gasteiger partial charge is 0.508 e. The summed E-state index contributed by atoms with van der Waals surface area (Å²) >= 11 is 9.49. The van der Waals surface area contributed by atoms with Crippen molar-refractivity contribution in [3.8, 4) is 5.75 Å². The molecule has 1 atom stereocenters. The van der Waals surface area contributed by atoms with Gasteiger partial charge in [0.25, 0.3) is 0 Å². The molecule has 2 aromatic rings. The minimum atomic E-state index is 0.296. The molecule has 0 bridgehead atoms. The highest BCUT2D eigenvalue weighted by Crippen LogP contribution is 2.24. The lowest BCUT2D eigenvalue weighted by atomic mass is 9.93. The number of hydrogen-bond donors (Lipinski definition) is 1. The second-order valence-electron chi connectivity index (χ2n) is 4.27. The van der Waals surface area contributed by atoms with E-state index in [-0.39, 0.29) is 0 Å². The van der Waals surface area contributed by atoms with E-state index in [9.17, 15) is 5.11 Å². The summed E-state index contributed by atoms with van der Waals surface area (Å²) in [6.45, 7) is 0. The standard InChI is InChI=1S/C15H14BrClO/c16-14-5-3-12(4-6-14)13(10-17)9-11-1-7-15(18)8-2-11/h1-8,13,18H,9-10H2. The summed E-state index contributed by atoms with van der Waals surface area (Å²) < 4.78 is 1.07. The van der Waals surface area contributed by atoms with Crippen molar-refractivity contribution in [3.05, 3.63) is 64.1 Å². The van der Waals surface area contributed by atoms with E-state index >= 15 is 0 Å². The Bertz CT molecular complexity index is 493. The third kappa shape index (κ3) is 3.50. The lowest BCUT2D eigenvalue weighted by Crippen LogP contribution is -2.04. The fourth-order valence-electron chi connectivity index (χ4n) is 1.91. The van der Waals surface area contributed by atoms with Gasteiger partial charge in [-0.2, -0.15) is 0 Å². The third-order valence-corrected chi connectivity index (χ3v) is 3.85. The number of phenolic OH excluding ortho intramolecular Hbond substituents is 1. The lowest BCUT2D eigenvalue weighted by molar-refractivity contribution is 0.475. The minimum absolute atomic E-state index is 0.296. The van der Waals surface area contributed by atoms with E-state index in [4.69, 9.17) is 11.6 Å². The number of aromatic hydroxyl groups is 1. The molecule has 0 spiro atoms. The SMILES string of the molecule is Oc1ccc(CC(CCl)c2ccc(Br)cc2)cc1. The molecule has 0 aliphatic heterocycles. The molecular formula is C15H14BrClO. The fraction of sp³-hybridized carbons (Fsp3) is 0.200. The molecule has 3 heteroatoms. The number of benzene rings is 2. The van der Waals surface area contributed by atoms with Gasteiger partial charge >= 0.3 is 0 Å². The van der Waals surface area contributed by atoms with Gasteiger partial charge in [0.05, 0.1) is 0 Å². The number of rotatable bonds is 4. The Labute approximate surface area is 121 Å². The molecule has 0 aromatic heterocycles. The zero-order valence-corrected chi connectivity index (χ0v) is 12.2. The number of alkyl halides is 1. The van der Waals surface area contributed by atoms with Gasteiger partial charge in [-0.1, -0.05) is 40.2 Å². The van der Waals surface area contributed by atoms with Gasteiger partial charge in [0.1, 0.15) is 5.75 Å². The Morgan fingerprint density at radius 1 is 1.00 bits per heavy atom. The maximum Gasteiger partial charge on any atom is 0.115 e. The van der Waals surface area contributed by atoms with Crippen LogP contribution in [0.4, 0.5) is 0 Å². The molecule has 0 aliphatic carbocycles. The van der Waals surface area contributed by atoms with Gasteiger partial charge < -0.3 is 5.11 Å². The van der Waals surface area contributed by atoms with E-state index in [1.165, 1.54) is 11.1 Å². The van der Waals surface area contributed by atoms with E-state index in [0.717, 1.165) is 10.9 Å². The highest BCUT2D eigenvalue weighted by Gasteiger charge is 2.11. The summed E-state index contributed by atoms with van der Waals surface area (Å²) in [5.74, 6) is 1.18. The van der Waals surface area contributed by atoms with Gasteiger partial charge in [-0.3, -0.25) is 0 Å². The topological polar surface area (TPSA) is 20.2 Å². The second-order valence-corrected chi connectivity index (χ2v) is 5.50. The van der Waals surface area contributed by atoms with Crippen LogP contribution in [-0.2, 0) is 6.42 Å². The summed E-state index contributed by atoms with van der Waals surface area (Å²) in [7, 11) is 0. The van der Waals surface area contributed by atoms with Crippen molar-refractivity contribution in [3.63, 3.8) is 0 Å². The van der Waals surface area contributed by atoms with Crippen molar-refractivity contribution >= 4 is 27.5 Å². The third-order valence-electron chi connectivity index (χ3n) is 2.95. The van der Waals surface area contributed by atoms with E-state index < -0.39 is 0 Å². The van der Waals surface area contributed by atoms with Crippen LogP contribution < -0.4 is 0 Å². The fourth-order valence-corrected chi connectivity index (χ4v) is 2.46. The van der Waals surface area contributed by atoms with Crippen LogP contribution in [0, 0.1) is 0 Å². The zero-order chi connectivity index (χ0) is 13.0. The molecule has 0 saturated carbocycles. The van der Waals surface area contributed by atoms with Crippen LogP contribution in [0.3, 0.4) is 0 Å². The van der Waals surface area contributed by atoms with Crippen LogP contribution in [0.15, 0.2) is 53.0 Å². The maximum absolute atomic E-state index is 9.26. The number of halogens is 2.